The van der Waals surface area contributed by atoms with E-state index in [4.69, 9.17) is 4.74 Å². The number of hydrogen-bond donors (Lipinski definition) is 2. The lowest BCUT2D eigenvalue weighted by Gasteiger charge is -2.11. The number of methoxy groups -OCH3 is 1. The van der Waals surface area contributed by atoms with Gasteiger partial charge in [-0.15, -0.1) is 0 Å². The van der Waals surface area contributed by atoms with Crippen molar-refractivity contribution in [3.63, 3.8) is 0 Å². The summed E-state index contributed by atoms with van der Waals surface area (Å²) in [5, 5.41) is 6.17. The van der Waals surface area contributed by atoms with E-state index in [0.717, 1.165) is 23.4 Å². The summed E-state index contributed by atoms with van der Waals surface area (Å²) in [6.07, 6.45) is 3.02. The highest BCUT2D eigenvalue weighted by Gasteiger charge is 2.09. The Morgan fingerprint density at radius 2 is 1.93 bits per heavy atom. The molecule has 0 aliphatic carbocycles. The summed E-state index contributed by atoms with van der Waals surface area (Å²) in [7, 11) is 1.64. The van der Waals surface area contributed by atoms with Crippen LogP contribution in [-0.4, -0.2) is 29.5 Å². The number of benzene rings is 2. The van der Waals surface area contributed by atoms with Crippen molar-refractivity contribution < 1.29 is 9.53 Å². The van der Waals surface area contributed by atoms with Crippen molar-refractivity contribution >= 4 is 17.4 Å². The third kappa shape index (κ3) is 5.07. The van der Waals surface area contributed by atoms with E-state index in [1.54, 1.807) is 13.2 Å². The minimum atomic E-state index is -0.225. The number of rotatable bonds is 8. The molecule has 144 valence electrons. The third-order valence-electron chi connectivity index (χ3n) is 4.39. The highest BCUT2D eigenvalue weighted by Crippen LogP contribution is 2.20. The summed E-state index contributed by atoms with van der Waals surface area (Å²) in [4.78, 5) is 20.7. The fourth-order valence-corrected chi connectivity index (χ4v) is 2.88. The fraction of sp³-hybridized carbons (Fsp3) is 0.227. The molecule has 2 N–H and O–H groups in total. The molecule has 6 heteroatoms. The zero-order chi connectivity index (χ0) is 19.8. The topological polar surface area (TPSA) is 76.1 Å². The van der Waals surface area contributed by atoms with Gasteiger partial charge in [-0.05, 0) is 42.2 Å². The number of nitrogens with one attached hydrogen (secondary N) is 2. The van der Waals surface area contributed by atoms with E-state index in [1.165, 1.54) is 11.9 Å². The van der Waals surface area contributed by atoms with Crippen LogP contribution in [0.2, 0.25) is 0 Å². The van der Waals surface area contributed by atoms with Crippen molar-refractivity contribution in [1.29, 1.82) is 0 Å². The lowest BCUT2D eigenvalue weighted by molar-refractivity contribution is 0.0949. The van der Waals surface area contributed by atoms with Crippen molar-refractivity contribution in [1.82, 2.24) is 15.3 Å². The van der Waals surface area contributed by atoms with Gasteiger partial charge in [-0.2, -0.15) is 0 Å². The van der Waals surface area contributed by atoms with Crippen LogP contribution >= 0.6 is 0 Å². The first-order valence-corrected chi connectivity index (χ1v) is 9.27. The van der Waals surface area contributed by atoms with Crippen LogP contribution in [0.3, 0.4) is 0 Å². The molecule has 1 aromatic heterocycles. The maximum Gasteiger partial charge on any atom is 0.270 e. The monoisotopic (exact) mass is 376 g/mol. The first-order chi connectivity index (χ1) is 13.7. The lowest BCUT2D eigenvalue weighted by Crippen LogP contribution is -2.26. The van der Waals surface area contributed by atoms with Gasteiger partial charge in [-0.3, -0.25) is 4.79 Å². The van der Waals surface area contributed by atoms with Gasteiger partial charge in [0, 0.05) is 18.3 Å². The van der Waals surface area contributed by atoms with Crippen molar-refractivity contribution in [2.24, 2.45) is 0 Å². The smallest absolute Gasteiger partial charge is 0.270 e. The predicted molar refractivity (Wildman–Crippen MR) is 110 cm³/mol. The molecule has 1 heterocycles. The number of para-hydroxylation sites is 1. The molecule has 6 nitrogen and oxygen atoms in total. The van der Waals surface area contributed by atoms with E-state index in [2.05, 4.69) is 33.6 Å². The number of aromatic nitrogens is 2. The van der Waals surface area contributed by atoms with E-state index >= 15 is 0 Å². The van der Waals surface area contributed by atoms with Gasteiger partial charge in [0.25, 0.3) is 5.91 Å². The lowest BCUT2D eigenvalue weighted by atomic mass is 10.1. The minimum Gasteiger partial charge on any atom is -0.497 e. The molecule has 3 rings (SSSR count). The molecule has 28 heavy (non-hydrogen) atoms. The van der Waals surface area contributed by atoms with Crippen LogP contribution in [0.25, 0.3) is 0 Å². The second-order valence-electron chi connectivity index (χ2n) is 6.28. The van der Waals surface area contributed by atoms with Crippen molar-refractivity contribution in [2.75, 3.05) is 19.0 Å². The SMILES string of the molecule is CCc1ccccc1Nc1cc(C(=O)NCCc2cccc(OC)c2)ncn1. The van der Waals surface area contributed by atoms with E-state index in [1.807, 2.05) is 42.5 Å². The number of carbonyl (C=O) groups is 1. The molecule has 0 aliphatic heterocycles. The quantitative estimate of drug-likeness (QED) is 0.626. The summed E-state index contributed by atoms with van der Waals surface area (Å²) < 4.78 is 5.22. The van der Waals surface area contributed by atoms with Crippen molar-refractivity contribution in [3.8, 4) is 5.75 Å². The summed E-state index contributed by atoms with van der Waals surface area (Å²) in [6, 6.07) is 17.5. The molecule has 0 bridgehead atoms. The van der Waals surface area contributed by atoms with E-state index in [0.29, 0.717) is 24.5 Å². The molecule has 0 spiro atoms. The van der Waals surface area contributed by atoms with Gasteiger partial charge in [0.1, 0.15) is 23.6 Å². The zero-order valence-corrected chi connectivity index (χ0v) is 16.1. The number of carbonyl (C=O) groups excluding carboxylic acids is 1. The Kier molecular flexibility index (Phi) is 6.57. The summed E-state index contributed by atoms with van der Waals surface area (Å²) >= 11 is 0. The molecular formula is C22H24N4O2. The van der Waals surface area contributed by atoms with Crippen LogP contribution in [0.15, 0.2) is 60.9 Å². The Morgan fingerprint density at radius 1 is 1.07 bits per heavy atom. The highest BCUT2D eigenvalue weighted by atomic mass is 16.5. The molecular weight excluding hydrogens is 352 g/mol. The average Bonchev–Trinajstić information content (AvgIpc) is 2.74. The maximum absolute atomic E-state index is 12.4. The zero-order valence-electron chi connectivity index (χ0n) is 16.1. The molecule has 0 atom stereocenters. The summed E-state index contributed by atoms with van der Waals surface area (Å²) in [5.74, 6) is 1.17. The number of amides is 1. The standard InChI is InChI=1S/C22H24N4O2/c1-3-17-8-4-5-10-19(17)26-21-14-20(24-15-25-21)22(27)23-12-11-16-7-6-9-18(13-16)28-2/h4-10,13-15H,3,11-12H2,1-2H3,(H,23,27)(H,24,25,26). The molecule has 1 amide bonds. The van der Waals surface area contributed by atoms with Crippen LogP contribution in [-0.2, 0) is 12.8 Å². The van der Waals surface area contributed by atoms with Gasteiger partial charge in [0.05, 0.1) is 7.11 Å². The summed E-state index contributed by atoms with van der Waals surface area (Å²) in [6.45, 7) is 2.61. The van der Waals surface area contributed by atoms with Crippen LogP contribution < -0.4 is 15.4 Å². The Labute approximate surface area is 165 Å². The minimum absolute atomic E-state index is 0.225. The van der Waals surface area contributed by atoms with Gasteiger partial charge >= 0.3 is 0 Å². The molecule has 0 radical (unpaired) electrons. The number of aryl methyl sites for hydroxylation is 1. The van der Waals surface area contributed by atoms with Crippen molar-refractivity contribution in [2.45, 2.75) is 19.8 Å². The predicted octanol–water partition coefficient (Wildman–Crippen LogP) is 3.76. The van der Waals surface area contributed by atoms with Gasteiger partial charge in [0.2, 0.25) is 0 Å². The summed E-state index contributed by atoms with van der Waals surface area (Å²) in [5.41, 5.74) is 3.59. The second kappa shape index (κ2) is 9.50. The Hall–Kier alpha value is -3.41. The van der Waals surface area contributed by atoms with E-state index < -0.39 is 0 Å². The van der Waals surface area contributed by atoms with E-state index in [-0.39, 0.29) is 5.91 Å². The second-order valence-corrected chi connectivity index (χ2v) is 6.28. The normalized spacial score (nSPS) is 10.4. The number of ether oxygens (including phenoxy) is 1. The number of anilines is 2. The Bertz CT molecular complexity index is 943. The third-order valence-corrected chi connectivity index (χ3v) is 4.39. The van der Waals surface area contributed by atoms with Crippen LogP contribution in [0, 0.1) is 0 Å². The van der Waals surface area contributed by atoms with Crippen LogP contribution in [0.1, 0.15) is 28.5 Å². The molecule has 0 saturated heterocycles. The number of hydrogen-bond acceptors (Lipinski definition) is 5. The van der Waals surface area contributed by atoms with Gasteiger partial charge in [-0.25, -0.2) is 9.97 Å². The van der Waals surface area contributed by atoms with Crippen LogP contribution in [0.4, 0.5) is 11.5 Å². The fourth-order valence-electron chi connectivity index (χ4n) is 2.88. The van der Waals surface area contributed by atoms with Crippen LogP contribution in [0.5, 0.6) is 5.75 Å². The Morgan fingerprint density at radius 3 is 2.75 bits per heavy atom. The number of nitrogens with zero attached hydrogens (tertiary/aromatic N) is 2. The van der Waals surface area contributed by atoms with Crippen molar-refractivity contribution in [3.05, 3.63) is 77.7 Å². The van der Waals surface area contributed by atoms with Gasteiger partial charge in [0.15, 0.2) is 0 Å². The Balaban J connectivity index is 1.60. The van der Waals surface area contributed by atoms with Gasteiger partial charge in [-0.1, -0.05) is 37.3 Å². The maximum atomic E-state index is 12.4. The molecule has 0 unspecified atom stereocenters. The first kappa shape index (κ1) is 19.4. The largest absolute Gasteiger partial charge is 0.497 e. The average molecular weight is 376 g/mol. The molecule has 3 aromatic rings. The highest BCUT2D eigenvalue weighted by molar-refractivity contribution is 5.93. The molecule has 0 aliphatic rings. The first-order valence-electron chi connectivity index (χ1n) is 9.27. The molecule has 2 aromatic carbocycles. The van der Waals surface area contributed by atoms with E-state index in [9.17, 15) is 4.79 Å². The molecule has 0 saturated carbocycles. The van der Waals surface area contributed by atoms with Gasteiger partial charge < -0.3 is 15.4 Å². The molecule has 0 fully saturated rings.